The number of esters is 1. The second-order valence-corrected chi connectivity index (χ2v) is 7.15. The molecule has 1 aromatic rings. The number of thioether (sulfide) groups is 1. The third-order valence-corrected chi connectivity index (χ3v) is 5.97. The normalized spacial score (nSPS) is 26.9. The molecular formula is C17H21NO4S. The van der Waals surface area contributed by atoms with Gasteiger partial charge in [-0.05, 0) is 37.6 Å². The van der Waals surface area contributed by atoms with E-state index in [1.807, 2.05) is 24.3 Å². The van der Waals surface area contributed by atoms with Crippen LogP contribution >= 0.6 is 11.8 Å². The molecule has 1 saturated carbocycles. The van der Waals surface area contributed by atoms with Gasteiger partial charge >= 0.3 is 5.97 Å². The number of carbonyl (C=O) groups is 2. The number of rotatable bonds is 6. The smallest absolute Gasteiger partial charge is 0.329 e. The van der Waals surface area contributed by atoms with Gasteiger partial charge in [-0.2, -0.15) is 11.8 Å². The van der Waals surface area contributed by atoms with Crippen LogP contribution in [0.3, 0.4) is 0 Å². The molecule has 0 aromatic heterocycles. The zero-order valence-electron chi connectivity index (χ0n) is 13.3. The number of carbonyl (C=O) groups excluding carboxylic acids is 2. The van der Waals surface area contributed by atoms with Crippen molar-refractivity contribution in [1.29, 1.82) is 0 Å². The van der Waals surface area contributed by atoms with Gasteiger partial charge < -0.3 is 14.8 Å². The molecule has 1 unspecified atom stereocenters. The first-order valence-electron chi connectivity index (χ1n) is 7.84. The first kappa shape index (κ1) is 16.2. The summed E-state index contributed by atoms with van der Waals surface area (Å²) < 4.78 is 10.4. The standard InChI is InChI=1S/C17H21NO4S/c1-3-22-16(20)15(17-10-14(17)23-9-8-13(17)19)18-11-4-6-12(21-2)7-5-11/h4-7,14-15,18H,3,8-10H2,1-2H3/t14-,15-,17?/m1/s1. The zero-order valence-corrected chi connectivity index (χ0v) is 14.2. The predicted octanol–water partition coefficient (Wildman–Crippen LogP) is 2.50. The summed E-state index contributed by atoms with van der Waals surface area (Å²) in [6.45, 7) is 2.09. The molecule has 1 aliphatic heterocycles. The van der Waals surface area contributed by atoms with E-state index >= 15 is 0 Å². The molecule has 1 N–H and O–H groups in total. The molecule has 1 aromatic carbocycles. The van der Waals surface area contributed by atoms with Gasteiger partial charge in [0.05, 0.1) is 19.1 Å². The maximum atomic E-state index is 12.5. The molecule has 2 aliphatic rings. The van der Waals surface area contributed by atoms with Gasteiger partial charge in [0.15, 0.2) is 0 Å². The van der Waals surface area contributed by atoms with Crippen molar-refractivity contribution in [2.75, 3.05) is 24.8 Å². The lowest BCUT2D eigenvalue weighted by Gasteiger charge is -2.29. The van der Waals surface area contributed by atoms with E-state index in [-0.39, 0.29) is 17.0 Å². The van der Waals surface area contributed by atoms with Crippen molar-refractivity contribution < 1.29 is 19.1 Å². The van der Waals surface area contributed by atoms with E-state index < -0.39 is 11.5 Å². The van der Waals surface area contributed by atoms with E-state index in [0.29, 0.717) is 13.0 Å². The lowest BCUT2D eigenvalue weighted by atomic mass is 9.89. The van der Waals surface area contributed by atoms with Gasteiger partial charge in [-0.3, -0.25) is 4.79 Å². The maximum Gasteiger partial charge on any atom is 0.329 e. The summed E-state index contributed by atoms with van der Waals surface area (Å²) in [6, 6.07) is 6.72. The molecule has 0 radical (unpaired) electrons. The number of benzene rings is 1. The van der Waals surface area contributed by atoms with Crippen LogP contribution in [0.25, 0.3) is 0 Å². The van der Waals surface area contributed by atoms with Crippen LogP contribution in [-0.2, 0) is 14.3 Å². The Kier molecular flexibility index (Phi) is 4.53. The average Bonchev–Trinajstić information content (AvgIpc) is 3.30. The van der Waals surface area contributed by atoms with Crippen LogP contribution in [0, 0.1) is 5.41 Å². The molecule has 2 fully saturated rings. The number of hydrogen-bond donors (Lipinski definition) is 1. The first-order valence-corrected chi connectivity index (χ1v) is 8.89. The highest BCUT2D eigenvalue weighted by atomic mass is 32.2. The van der Waals surface area contributed by atoms with Gasteiger partial charge in [0, 0.05) is 23.1 Å². The Morgan fingerprint density at radius 3 is 2.78 bits per heavy atom. The third kappa shape index (κ3) is 2.92. The van der Waals surface area contributed by atoms with Crippen molar-refractivity contribution in [3.63, 3.8) is 0 Å². The highest BCUT2D eigenvalue weighted by molar-refractivity contribution is 8.00. The number of anilines is 1. The van der Waals surface area contributed by atoms with Gasteiger partial charge in [-0.1, -0.05) is 0 Å². The van der Waals surface area contributed by atoms with Crippen LogP contribution < -0.4 is 10.1 Å². The molecule has 0 spiro atoms. The van der Waals surface area contributed by atoms with E-state index in [0.717, 1.165) is 23.6 Å². The van der Waals surface area contributed by atoms with E-state index in [4.69, 9.17) is 9.47 Å². The number of ketones is 1. The molecule has 1 saturated heterocycles. The number of ether oxygens (including phenoxy) is 2. The van der Waals surface area contributed by atoms with Crippen LogP contribution in [0.1, 0.15) is 19.8 Å². The summed E-state index contributed by atoms with van der Waals surface area (Å²) >= 11 is 1.79. The quantitative estimate of drug-likeness (QED) is 0.806. The third-order valence-electron chi connectivity index (χ3n) is 4.54. The summed E-state index contributed by atoms with van der Waals surface area (Å²) in [6.07, 6.45) is 1.28. The molecule has 23 heavy (non-hydrogen) atoms. The van der Waals surface area contributed by atoms with Gasteiger partial charge in [-0.15, -0.1) is 0 Å². The Morgan fingerprint density at radius 2 is 2.17 bits per heavy atom. The highest BCUT2D eigenvalue weighted by Gasteiger charge is 2.68. The monoisotopic (exact) mass is 335 g/mol. The van der Waals surface area contributed by atoms with Gasteiger partial charge in [0.25, 0.3) is 0 Å². The van der Waals surface area contributed by atoms with Gasteiger partial charge in [-0.25, -0.2) is 4.79 Å². The first-order chi connectivity index (χ1) is 11.1. The Labute approximate surface area is 140 Å². The lowest BCUT2D eigenvalue weighted by Crippen LogP contribution is -2.46. The van der Waals surface area contributed by atoms with E-state index in [2.05, 4.69) is 5.32 Å². The summed E-state index contributed by atoms with van der Waals surface area (Å²) in [4.78, 5) is 25.0. The lowest BCUT2D eigenvalue weighted by molar-refractivity contribution is -0.148. The van der Waals surface area contributed by atoms with E-state index in [1.54, 1.807) is 25.8 Å². The Bertz CT molecular complexity index is 603. The summed E-state index contributed by atoms with van der Waals surface area (Å²) in [5.41, 5.74) is 0.182. The number of Topliss-reactive ketones (excluding diaryl/α,β-unsaturated/α-hetero) is 1. The second-order valence-electron chi connectivity index (χ2n) is 5.84. The number of nitrogens with one attached hydrogen (secondary N) is 1. The predicted molar refractivity (Wildman–Crippen MR) is 90.0 cm³/mol. The van der Waals surface area contributed by atoms with Crippen LogP contribution in [0.5, 0.6) is 5.75 Å². The second kappa shape index (κ2) is 6.43. The van der Waals surface area contributed by atoms with E-state index in [9.17, 15) is 9.59 Å². The molecular weight excluding hydrogens is 314 g/mol. The molecule has 124 valence electrons. The molecule has 0 amide bonds. The molecule has 1 heterocycles. The highest BCUT2D eigenvalue weighted by Crippen LogP contribution is 2.61. The topological polar surface area (TPSA) is 64.6 Å². The summed E-state index contributed by atoms with van der Waals surface area (Å²) in [7, 11) is 1.61. The fourth-order valence-electron chi connectivity index (χ4n) is 3.22. The number of hydrogen-bond acceptors (Lipinski definition) is 6. The Morgan fingerprint density at radius 1 is 1.43 bits per heavy atom. The SMILES string of the molecule is CCOC(=O)[C@@H](Nc1ccc(OC)cc1)C12C[C@H]1SCCC2=O. The van der Waals surface area contributed by atoms with Crippen molar-refractivity contribution in [3.8, 4) is 5.75 Å². The number of methoxy groups -OCH3 is 1. The maximum absolute atomic E-state index is 12.5. The molecule has 3 rings (SSSR count). The minimum Gasteiger partial charge on any atom is -0.497 e. The summed E-state index contributed by atoms with van der Waals surface area (Å²) in [5.74, 6) is 1.43. The molecule has 0 bridgehead atoms. The van der Waals surface area contributed by atoms with Gasteiger partial charge in [0.2, 0.25) is 0 Å². The van der Waals surface area contributed by atoms with Crippen molar-refractivity contribution in [2.45, 2.75) is 31.1 Å². The van der Waals surface area contributed by atoms with Crippen LogP contribution in [0.2, 0.25) is 0 Å². The van der Waals surface area contributed by atoms with Crippen molar-refractivity contribution in [1.82, 2.24) is 0 Å². The summed E-state index contributed by atoms with van der Waals surface area (Å²) in [5, 5.41) is 3.46. The Hall–Kier alpha value is -1.69. The van der Waals surface area contributed by atoms with Crippen LogP contribution in [0.15, 0.2) is 24.3 Å². The van der Waals surface area contributed by atoms with Crippen molar-refractivity contribution in [3.05, 3.63) is 24.3 Å². The minimum absolute atomic E-state index is 0.181. The van der Waals surface area contributed by atoms with Crippen molar-refractivity contribution >= 4 is 29.2 Å². The molecule has 5 nitrogen and oxygen atoms in total. The molecule has 6 heteroatoms. The van der Waals surface area contributed by atoms with Gasteiger partial charge in [0.1, 0.15) is 17.6 Å². The van der Waals surface area contributed by atoms with Crippen LogP contribution in [0.4, 0.5) is 5.69 Å². The fourth-order valence-corrected chi connectivity index (χ4v) is 4.76. The van der Waals surface area contributed by atoms with Crippen LogP contribution in [-0.4, -0.2) is 42.5 Å². The largest absolute Gasteiger partial charge is 0.497 e. The molecule has 1 aliphatic carbocycles. The zero-order chi connectivity index (χ0) is 16.4. The number of fused-ring (bicyclic) bond motifs is 1. The van der Waals surface area contributed by atoms with Crippen molar-refractivity contribution in [2.24, 2.45) is 5.41 Å². The minimum atomic E-state index is -0.624. The average molecular weight is 335 g/mol. The fraction of sp³-hybridized carbons (Fsp3) is 0.529. The Balaban J connectivity index is 1.84. The molecule has 3 atom stereocenters. The van der Waals surface area contributed by atoms with E-state index in [1.165, 1.54) is 0 Å².